The van der Waals surface area contributed by atoms with Gasteiger partial charge in [-0.2, -0.15) is 9.97 Å². The van der Waals surface area contributed by atoms with Crippen LogP contribution in [0.4, 0.5) is 5.82 Å². The molecule has 0 aliphatic heterocycles. The molecule has 0 bridgehead atoms. The van der Waals surface area contributed by atoms with Gasteiger partial charge >= 0.3 is 5.97 Å². The highest BCUT2D eigenvalue weighted by molar-refractivity contribution is 6.28. The third-order valence-electron chi connectivity index (χ3n) is 5.30. The predicted molar refractivity (Wildman–Crippen MR) is 86.7 cm³/mol. The van der Waals surface area contributed by atoms with Crippen LogP contribution in [0.15, 0.2) is 6.33 Å². The Balaban J connectivity index is 1.68. The minimum Gasteiger partial charge on any atom is -0.465 e. The van der Waals surface area contributed by atoms with Gasteiger partial charge in [-0.25, -0.2) is 4.98 Å². The van der Waals surface area contributed by atoms with Crippen molar-refractivity contribution in [3.8, 4) is 0 Å². The summed E-state index contributed by atoms with van der Waals surface area (Å²) in [5, 5.41) is 13.6. The minimum atomic E-state index is -0.509. The number of aromatic nitrogens is 4. The summed E-state index contributed by atoms with van der Waals surface area (Å²) in [5.41, 5.74) is 0.955. The molecule has 2 aromatic rings. The number of esters is 1. The van der Waals surface area contributed by atoms with E-state index < -0.39 is 6.10 Å². The van der Waals surface area contributed by atoms with Gasteiger partial charge < -0.3 is 19.7 Å². The van der Waals surface area contributed by atoms with Crippen LogP contribution in [0.1, 0.15) is 25.8 Å². The zero-order valence-corrected chi connectivity index (χ0v) is 14.1. The number of anilines is 1. The van der Waals surface area contributed by atoms with Gasteiger partial charge in [-0.05, 0) is 30.4 Å². The van der Waals surface area contributed by atoms with Crippen LogP contribution in [0.3, 0.4) is 0 Å². The first-order valence-corrected chi connectivity index (χ1v) is 8.23. The summed E-state index contributed by atoms with van der Waals surface area (Å²) >= 11 is 6.02. The maximum absolute atomic E-state index is 11.1. The number of fused-ring (bicyclic) bond motifs is 2. The van der Waals surface area contributed by atoms with E-state index >= 15 is 0 Å². The Hall–Kier alpha value is -1.93. The van der Waals surface area contributed by atoms with Gasteiger partial charge in [-0.1, -0.05) is 0 Å². The van der Waals surface area contributed by atoms with E-state index in [9.17, 15) is 9.90 Å². The van der Waals surface area contributed by atoms with Crippen LogP contribution in [0.5, 0.6) is 0 Å². The molecule has 2 heterocycles. The number of hydrogen-bond donors (Lipinski definition) is 2. The molecule has 0 spiro atoms. The van der Waals surface area contributed by atoms with Crippen LogP contribution in [-0.4, -0.2) is 50.4 Å². The molecule has 0 saturated heterocycles. The Bertz CT molecular complexity index is 825. The summed E-state index contributed by atoms with van der Waals surface area (Å²) in [6, 6.07) is 0.0521. The fourth-order valence-corrected chi connectivity index (χ4v) is 4.16. The van der Waals surface area contributed by atoms with E-state index in [2.05, 4.69) is 20.3 Å². The van der Waals surface area contributed by atoms with E-state index in [0.717, 1.165) is 6.42 Å². The highest BCUT2D eigenvalue weighted by Crippen LogP contribution is 2.67. The highest BCUT2D eigenvalue weighted by atomic mass is 35.5. The molecule has 2 saturated carbocycles. The molecule has 2 N–H and O–H groups in total. The van der Waals surface area contributed by atoms with Crippen LogP contribution in [0.2, 0.25) is 5.28 Å². The van der Waals surface area contributed by atoms with E-state index in [-0.39, 0.29) is 35.2 Å². The Labute approximate surface area is 143 Å². The lowest BCUT2D eigenvalue weighted by atomic mass is 10.0. The van der Waals surface area contributed by atoms with E-state index in [1.165, 1.54) is 6.92 Å². The number of carbonyl (C=O) groups excluding carboxylic acids is 1. The molecular formula is C15H18ClN5O3. The number of nitrogens with zero attached hydrogens (tertiary/aromatic N) is 4. The number of carbonyl (C=O) groups is 1. The molecule has 128 valence electrons. The molecule has 2 aliphatic carbocycles. The summed E-state index contributed by atoms with van der Waals surface area (Å²) < 4.78 is 7.13. The van der Waals surface area contributed by atoms with E-state index in [4.69, 9.17) is 16.3 Å². The molecule has 0 unspecified atom stereocenters. The molecular weight excluding hydrogens is 334 g/mol. The SMILES string of the molecule is CNc1nc(Cl)nc2c1ncn2[C@H]1C[C@H](O)[C@]2(COC(C)=O)C[C@H]12. The maximum Gasteiger partial charge on any atom is 0.302 e. The standard InChI is InChI=1S/C15H18ClN5O3/c1-7(22)24-5-15-4-8(15)9(3-10(15)23)21-6-18-11-12(17-2)19-14(16)20-13(11)21/h6,8-10,23H,3-5H2,1-2H3,(H,17,19,20)/t8-,9+,10+,15+/m1/s1. The van der Waals surface area contributed by atoms with Gasteiger partial charge in [0.05, 0.1) is 19.0 Å². The van der Waals surface area contributed by atoms with E-state index in [0.29, 0.717) is 23.4 Å². The Morgan fingerprint density at radius 2 is 2.38 bits per heavy atom. The fourth-order valence-electron chi connectivity index (χ4n) is 3.99. The summed E-state index contributed by atoms with van der Waals surface area (Å²) in [6.07, 6.45) is 2.61. The first-order chi connectivity index (χ1) is 11.5. The molecule has 2 fully saturated rings. The van der Waals surface area contributed by atoms with Gasteiger partial charge in [-0.3, -0.25) is 4.79 Å². The lowest BCUT2D eigenvalue weighted by molar-refractivity contribution is -0.144. The van der Waals surface area contributed by atoms with Crippen molar-refractivity contribution in [3.63, 3.8) is 0 Å². The van der Waals surface area contributed by atoms with Gasteiger partial charge in [0.1, 0.15) is 0 Å². The van der Waals surface area contributed by atoms with Gasteiger partial charge in [0.25, 0.3) is 0 Å². The number of aliphatic hydroxyl groups is 1. The first kappa shape index (κ1) is 15.6. The lowest BCUT2D eigenvalue weighted by Crippen LogP contribution is -2.25. The van der Waals surface area contributed by atoms with Crippen LogP contribution >= 0.6 is 11.6 Å². The highest BCUT2D eigenvalue weighted by Gasteiger charge is 2.68. The van der Waals surface area contributed by atoms with Gasteiger partial charge in [0.15, 0.2) is 17.0 Å². The minimum absolute atomic E-state index is 0.0521. The molecule has 9 heteroatoms. The molecule has 24 heavy (non-hydrogen) atoms. The van der Waals surface area contributed by atoms with E-state index in [1.807, 2.05) is 4.57 Å². The number of halogens is 1. The third kappa shape index (κ3) is 2.16. The van der Waals surface area contributed by atoms with Crippen molar-refractivity contribution in [2.75, 3.05) is 19.0 Å². The van der Waals surface area contributed by atoms with Gasteiger partial charge in [0, 0.05) is 25.4 Å². The number of aliphatic hydroxyl groups excluding tert-OH is 1. The topological polar surface area (TPSA) is 102 Å². The second kappa shape index (κ2) is 5.29. The first-order valence-electron chi connectivity index (χ1n) is 7.85. The molecule has 2 aromatic heterocycles. The number of ether oxygens (including phenoxy) is 1. The molecule has 4 atom stereocenters. The summed E-state index contributed by atoms with van der Waals surface area (Å²) in [5.74, 6) is 0.484. The molecule has 0 amide bonds. The van der Waals surface area contributed by atoms with Gasteiger partial charge in [-0.15, -0.1) is 0 Å². The summed E-state index contributed by atoms with van der Waals surface area (Å²) in [6.45, 7) is 1.64. The second-order valence-electron chi connectivity index (χ2n) is 6.56. The average Bonchev–Trinajstić information content (AvgIpc) is 3.03. The summed E-state index contributed by atoms with van der Waals surface area (Å²) in [7, 11) is 1.75. The van der Waals surface area contributed by atoms with Crippen LogP contribution < -0.4 is 5.32 Å². The van der Waals surface area contributed by atoms with Crippen LogP contribution in [0, 0.1) is 11.3 Å². The average molecular weight is 352 g/mol. The van der Waals surface area contributed by atoms with Crippen LogP contribution in [0.25, 0.3) is 11.2 Å². The third-order valence-corrected chi connectivity index (χ3v) is 5.47. The van der Waals surface area contributed by atoms with Crippen molar-refractivity contribution in [3.05, 3.63) is 11.6 Å². The van der Waals surface area contributed by atoms with Crippen molar-refractivity contribution in [2.24, 2.45) is 11.3 Å². The van der Waals surface area contributed by atoms with Gasteiger partial charge in [0.2, 0.25) is 5.28 Å². The zero-order valence-electron chi connectivity index (χ0n) is 13.4. The predicted octanol–water partition coefficient (Wildman–Crippen LogP) is 1.40. The Kier molecular flexibility index (Phi) is 3.43. The smallest absolute Gasteiger partial charge is 0.302 e. The van der Waals surface area contributed by atoms with Crippen molar-refractivity contribution in [1.82, 2.24) is 19.5 Å². The Morgan fingerprint density at radius 3 is 3.04 bits per heavy atom. The largest absolute Gasteiger partial charge is 0.465 e. The second-order valence-corrected chi connectivity index (χ2v) is 6.90. The molecule has 4 rings (SSSR count). The quantitative estimate of drug-likeness (QED) is 0.634. The van der Waals surface area contributed by atoms with Crippen molar-refractivity contribution < 1.29 is 14.6 Å². The monoisotopic (exact) mass is 351 g/mol. The Morgan fingerprint density at radius 1 is 1.58 bits per heavy atom. The van der Waals surface area contributed by atoms with Crippen LogP contribution in [-0.2, 0) is 9.53 Å². The lowest BCUT2D eigenvalue weighted by Gasteiger charge is -2.17. The van der Waals surface area contributed by atoms with E-state index in [1.54, 1.807) is 13.4 Å². The maximum atomic E-state index is 11.1. The van der Waals surface area contributed by atoms with Crippen molar-refractivity contribution in [1.29, 1.82) is 0 Å². The molecule has 8 nitrogen and oxygen atoms in total. The fraction of sp³-hybridized carbons (Fsp3) is 0.600. The van der Waals surface area contributed by atoms with Crippen molar-refractivity contribution >= 4 is 34.6 Å². The number of rotatable bonds is 4. The normalized spacial score (nSPS) is 31.1. The van der Waals surface area contributed by atoms with Crippen molar-refractivity contribution in [2.45, 2.75) is 31.9 Å². The molecule has 2 aliphatic rings. The molecule has 0 aromatic carbocycles. The number of imidazole rings is 1. The number of hydrogen-bond acceptors (Lipinski definition) is 7. The summed E-state index contributed by atoms with van der Waals surface area (Å²) in [4.78, 5) is 23.9. The number of nitrogens with one attached hydrogen (secondary N) is 1. The molecule has 0 radical (unpaired) electrons. The zero-order chi connectivity index (χ0) is 17.1.